The van der Waals surface area contributed by atoms with E-state index >= 15 is 0 Å². The molecule has 0 bridgehead atoms. The summed E-state index contributed by atoms with van der Waals surface area (Å²) >= 11 is 7.94. The molecule has 0 unspecified atom stereocenters. The normalized spacial score (nSPS) is 11.1. The van der Waals surface area contributed by atoms with Crippen molar-refractivity contribution >= 4 is 23.4 Å². The van der Waals surface area contributed by atoms with Gasteiger partial charge in [-0.1, -0.05) is 37.6 Å². The standard InChI is InChI=1S/C14H22ClNS/c1-12(2)11-16-9-5-6-10-17-14-8-4-3-7-13(14)15/h3-4,7-8,12,16H,5-6,9-11H2,1-2H3. The molecule has 1 aromatic carbocycles. The van der Waals surface area contributed by atoms with E-state index in [2.05, 4.69) is 25.2 Å². The first-order chi connectivity index (χ1) is 8.20. The van der Waals surface area contributed by atoms with E-state index in [1.165, 1.54) is 17.7 Å². The van der Waals surface area contributed by atoms with Crippen LogP contribution in [-0.2, 0) is 0 Å². The van der Waals surface area contributed by atoms with Gasteiger partial charge in [-0.2, -0.15) is 0 Å². The van der Waals surface area contributed by atoms with Crippen LogP contribution >= 0.6 is 23.4 Å². The number of unbranched alkanes of at least 4 members (excludes halogenated alkanes) is 1. The molecule has 0 radical (unpaired) electrons. The minimum absolute atomic E-state index is 0.743. The molecule has 0 fully saturated rings. The predicted octanol–water partition coefficient (Wildman–Crippen LogP) is 4.46. The lowest BCUT2D eigenvalue weighted by Crippen LogP contribution is -2.20. The van der Waals surface area contributed by atoms with Crippen molar-refractivity contribution in [2.75, 3.05) is 18.8 Å². The van der Waals surface area contributed by atoms with E-state index in [1.807, 2.05) is 30.0 Å². The second kappa shape index (κ2) is 8.84. The van der Waals surface area contributed by atoms with Crippen molar-refractivity contribution in [3.63, 3.8) is 0 Å². The van der Waals surface area contributed by atoms with Gasteiger partial charge in [0.1, 0.15) is 0 Å². The van der Waals surface area contributed by atoms with Crippen molar-refractivity contribution in [3.8, 4) is 0 Å². The molecular formula is C14H22ClNS. The Morgan fingerprint density at radius 2 is 2.00 bits per heavy atom. The first-order valence-corrected chi connectivity index (χ1v) is 7.64. The molecule has 3 heteroatoms. The molecule has 17 heavy (non-hydrogen) atoms. The molecule has 0 aromatic heterocycles. The summed E-state index contributed by atoms with van der Waals surface area (Å²) in [6, 6.07) is 8.05. The quantitative estimate of drug-likeness (QED) is 0.553. The number of thioether (sulfide) groups is 1. The Hall–Kier alpha value is -0.180. The van der Waals surface area contributed by atoms with Crippen LogP contribution in [0.25, 0.3) is 0 Å². The van der Waals surface area contributed by atoms with Gasteiger partial charge >= 0.3 is 0 Å². The number of halogens is 1. The molecule has 0 heterocycles. The minimum atomic E-state index is 0.743. The molecule has 96 valence electrons. The Morgan fingerprint density at radius 1 is 1.24 bits per heavy atom. The molecule has 0 spiro atoms. The van der Waals surface area contributed by atoms with Crippen LogP contribution in [0.2, 0.25) is 5.02 Å². The maximum atomic E-state index is 6.09. The van der Waals surface area contributed by atoms with Crippen LogP contribution in [0, 0.1) is 5.92 Å². The highest BCUT2D eigenvalue weighted by Crippen LogP contribution is 2.27. The number of benzene rings is 1. The lowest BCUT2D eigenvalue weighted by Gasteiger charge is -2.07. The lowest BCUT2D eigenvalue weighted by atomic mass is 10.2. The van der Waals surface area contributed by atoms with E-state index in [0.29, 0.717) is 0 Å². The molecule has 0 saturated heterocycles. The van der Waals surface area contributed by atoms with Crippen molar-refractivity contribution in [3.05, 3.63) is 29.3 Å². The summed E-state index contributed by atoms with van der Waals surface area (Å²) in [5, 5.41) is 4.33. The Labute approximate surface area is 114 Å². The highest BCUT2D eigenvalue weighted by atomic mass is 35.5. The zero-order valence-electron chi connectivity index (χ0n) is 10.7. The summed E-state index contributed by atoms with van der Waals surface area (Å²) < 4.78 is 0. The fourth-order valence-electron chi connectivity index (χ4n) is 1.49. The van der Waals surface area contributed by atoms with Gasteiger partial charge in [0, 0.05) is 4.90 Å². The van der Waals surface area contributed by atoms with Crippen molar-refractivity contribution in [1.29, 1.82) is 0 Å². The smallest absolute Gasteiger partial charge is 0.0541 e. The molecule has 0 aliphatic rings. The summed E-state index contributed by atoms with van der Waals surface area (Å²) in [5.74, 6) is 1.89. The number of rotatable bonds is 8. The zero-order valence-corrected chi connectivity index (χ0v) is 12.3. The fraction of sp³-hybridized carbons (Fsp3) is 0.571. The van der Waals surface area contributed by atoms with Gasteiger partial charge in [0.15, 0.2) is 0 Å². The average Bonchev–Trinajstić information content (AvgIpc) is 2.30. The molecule has 0 aliphatic heterocycles. The molecule has 1 rings (SSSR count). The van der Waals surface area contributed by atoms with Gasteiger partial charge in [-0.3, -0.25) is 0 Å². The third-order valence-corrected chi connectivity index (χ3v) is 4.00. The van der Waals surface area contributed by atoms with Crippen LogP contribution in [0.5, 0.6) is 0 Å². The van der Waals surface area contributed by atoms with E-state index in [9.17, 15) is 0 Å². The second-order valence-corrected chi connectivity index (χ2v) is 6.13. The first-order valence-electron chi connectivity index (χ1n) is 6.28. The minimum Gasteiger partial charge on any atom is -0.316 e. The monoisotopic (exact) mass is 271 g/mol. The molecule has 0 atom stereocenters. The maximum Gasteiger partial charge on any atom is 0.0541 e. The Bertz CT molecular complexity index is 315. The van der Waals surface area contributed by atoms with Gasteiger partial charge < -0.3 is 5.32 Å². The van der Waals surface area contributed by atoms with Crippen LogP contribution in [-0.4, -0.2) is 18.8 Å². The summed E-state index contributed by atoms with van der Waals surface area (Å²) in [7, 11) is 0. The van der Waals surface area contributed by atoms with E-state index in [4.69, 9.17) is 11.6 Å². The van der Waals surface area contributed by atoms with Gasteiger partial charge in [0.25, 0.3) is 0 Å². The molecular weight excluding hydrogens is 250 g/mol. The SMILES string of the molecule is CC(C)CNCCCCSc1ccccc1Cl. The summed E-state index contributed by atoms with van der Waals surface area (Å²) in [5.41, 5.74) is 0. The van der Waals surface area contributed by atoms with Gasteiger partial charge in [-0.05, 0) is 49.7 Å². The van der Waals surface area contributed by atoms with Crippen molar-refractivity contribution < 1.29 is 0 Å². The van der Waals surface area contributed by atoms with Gasteiger partial charge in [0.2, 0.25) is 0 Å². The average molecular weight is 272 g/mol. The van der Waals surface area contributed by atoms with Crippen LogP contribution in [0.3, 0.4) is 0 Å². The Balaban J connectivity index is 2.03. The van der Waals surface area contributed by atoms with Crippen LogP contribution in [0.4, 0.5) is 0 Å². The van der Waals surface area contributed by atoms with Gasteiger partial charge in [-0.25, -0.2) is 0 Å². The number of hydrogen-bond donors (Lipinski definition) is 1. The third kappa shape index (κ3) is 6.97. The summed E-state index contributed by atoms with van der Waals surface area (Å²) in [6.45, 7) is 6.72. The van der Waals surface area contributed by atoms with Crippen molar-refractivity contribution in [2.45, 2.75) is 31.6 Å². The lowest BCUT2D eigenvalue weighted by molar-refractivity contribution is 0.541. The molecule has 1 N–H and O–H groups in total. The molecule has 0 saturated carbocycles. The van der Waals surface area contributed by atoms with Crippen LogP contribution in [0.15, 0.2) is 29.2 Å². The molecule has 0 aliphatic carbocycles. The van der Waals surface area contributed by atoms with Crippen molar-refractivity contribution in [1.82, 2.24) is 5.32 Å². The zero-order chi connectivity index (χ0) is 12.5. The van der Waals surface area contributed by atoms with E-state index in [1.54, 1.807) is 0 Å². The van der Waals surface area contributed by atoms with Crippen LogP contribution in [0.1, 0.15) is 26.7 Å². The summed E-state index contributed by atoms with van der Waals surface area (Å²) in [6.07, 6.45) is 2.48. The molecule has 0 amide bonds. The Kier molecular flexibility index (Phi) is 7.74. The van der Waals surface area contributed by atoms with Gasteiger partial charge in [0.05, 0.1) is 5.02 Å². The van der Waals surface area contributed by atoms with Gasteiger partial charge in [-0.15, -0.1) is 11.8 Å². The molecule has 1 nitrogen and oxygen atoms in total. The topological polar surface area (TPSA) is 12.0 Å². The summed E-state index contributed by atoms with van der Waals surface area (Å²) in [4.78, 5) is 1.20. The third-order valence-electron chi connectivity index (χ3n) is 2.39. The largest absolute Gasteiger partial charge is 0.316 e. The van der Waals surface area contributed by atoms with E-state index in [-0.39, 0.29) is 0 Å². The number of hydrogen-bond acceptors (Lipinski definition) is 2. The second-order valence-electron chi connectivity index (χ2n) is 4.58. The molecule has 1 aromatic rings. The van der Waals surface area contributed by atoms with E-state index in [0.717, 1.165) is 29.8 Å². The predicted molar refractivity (Wildman–Crippen MR) is 79.1 cm³/mol. The highest BCUT2D eigenvalue weighted by molar-refractivity contribution is 7.99. The Morgan fingerprint density at radius 3 is 2.71 bits per heavy atom. The fourth-order valence-corrected chi connectivity index (χ4v) is 2.74. The van der Waals surface area contributed by atoms with Crippen molar-refractivity contribution in [2.24, 2.45) is 5.92 Å². The van der Waals surface area contributed by atoms with E-state index < -0.39 is 0 Å². The number of nitrogens with one attached hydrogen (secondary N) is 1. The first kappa shape index (κ1) is 14.9. The van der Waals surface area contributed by atoms with Crippen LogP contribution < -0.4 is 5.32 Å². The highest BCUT2D eigenvalue weighted by Gasteiger charge is 1.99. The maximum absolute atomic E-state index is 6.09.